The molecule has 0 aliphatic heterocycles. The summed E-state index contributed by atoms with van der Waals surface area (Å²) in [6.07, 6.45) is 0.473. The maximum atomic E-state index is 12.4. The van der Waals surface area contributed by atoms with Gasteiger partial charge in [-0.3, -0.25) is 4.90 Å². The number of carboxylic acid groups (broad SMARTS) is 1. The summed E-state index contributed by atoms with van der Waals surface area (Å²) in [5, 5.41) is 9.31. The molecule has 0 bridgehead atoms. The molecular formula is C21H23NO4. The molecular weight excluding hydrogens is 330 g/mol. The molecule has 0 unspecified atom stereocenters. The number of ether oxygens (including phenoxy) is 1. The molecule has 0 aromatic heterocycles. The van der Waals surface area contributed by atoms with Gasteiger partial charge in [-0.15, -0.1) is 0 Å². The van der Waals surface area contributed by atoms with Crippen molar-refractivity contribution in [1.82, 2.24) is 4.90 Å². The Morgan fingerprint density at radius 3 is 2.12 bits per heavy atom. The zero-order chi connectivity index (χ0) is 18.7. The van der Waals surface area contributed by atoms with Crippen LogP contribution in [0.15, 0.2) is 48.5 Å². The van der Waals surface area contributed by atoms with Crippen LogP contribution in [0.25, 0.3) is 11.1 Å². The number of carboxylic acids is 1. The molecule has 1 aliphatic rings. The summed E-state index contributed by atoms with van der Waals surface area (Å²) in [7, 11) is 1.48. The van der Waals surface area contributed by atoms with E-state index in [0.29, 0.717) is 12.8 Å². The smallest absolute Gasteiger partial charge is 0.410 e. The lowest BCUT2D eigenvalue weighted by atomic mass is 9.98. The summed E-state index contributed by atoms with van der Waals surface area (Å²) in [5.74, 6) is -1.04. The van der Waals surface area contributed by atoms with Gasteiger partial charge in [0.05, 0.1) is 0 Å². The first kappa shape index (κ1) is 18.0. The number of amides is 1. The maximum Gasteiger partial charge on any atom is 0.410 e. The van der Waals surface area contributed by atoms with E-state index < -0.39 is 18.1 Å². The number of hydrogen-bond acceptors (Lipinski definition) is 3. The molecule has 0 fully saturated rings. The van der Waals surface area contributed by atoms with Crippen LogP contribution in [0.1, 0.15) is 36.8 Å². The molecule has 0 radical (unpaired) electrons. The van der Waals surface area contributed by atoms with Gasteiger partial charge in [-0.1, -0.05) is 61.9 Å². The van der Waals surface area contributed by atoms with E-state index in [2.05, 4.69) is 24.3 Å². The molecule has 3 rings (SSSR count). The summed E-state index contributed by atoms with van der Waals surface area (Å²) in [4.78, 5) is 24.9. The highest BCUT2D eigenvalue weighted by molar-refractivity contribution is 5.81. The third kappa shape index (κ3) is 3.29. The normalized spacial score (nSPS) is 13.6. The van der Waals surface area contributed by atoms with Crippen molar-refractivity contribution in [3.05, 3.63) is 59.7 Å². The number of rotatable bonds is 6. The summed E-state index contributed by atoms with van der Waals surface area (Å²) < 4.78 is 5.50. The molecule has 0 heterocycles. The molecule has 0 saturated heterocycles. The second kappa shape index (κ2) is 7.60. The number of benzene rings is 2. The first-order valence-electron chi connectivity index (χ1n) is 8.85. The molecule has 1 atom stereocenters. The molecule has 5 heteroatoms. The quantitative estimate of drug-likeness (QED) is 0.848. The fraction of sp³-hybridized carbons (Fsp3) is 0.333. The summed E-state index contributed by atoms with van der Waals surface area (Å²) >= 11 is 0. The average Bonchev–Trinajstić information content (AvgIpc) is 2.97. The molecule has 0 saturated carbocycles. The third-order valence-corrected chi connectivity index (χ3v) is 4.94. The van der Waals surface area contributed by atoms with Gasteiger partial charge in [-0.05, 0) is 28.7 Å². The van der Waals surface area contributed by atoms with Crippen molar-refractivity contribution >= 4 is 12.1 Å². The number of nitrogens with zero attached hydrogens (tertiary/aromatic N) is 1. The molecule has 2 aromatic carbocycles. The Morgan fingerprint density at radius 1 is 1.08 bits per heavy atom. The van der Waals surface area contributed by atoms with Gasteiger partial charge in [0.2, 0.25) is 0 Å². The van der Waals surface area contributed by atoms with Gasteiger partial charge in [0.25, 0.3) is 0 Å². The average molecular weight is 353 g/mol. The minimum atomic E-state index is -1.01. The number of carbonyl (C=O) groups is 2. The highest BCUT2D eigenvalue weighted by Crippen LogP contribution is 2.44. The Labute approximate surface area is 153 Å². The largest absolute Gasteiger partial charge is 0.480 e. The van der Waals surface area contributed by atoms with Gasteiger partial charge in [0.1, 0.15) is 12.6 Å². The van der Waals surface area contributed by atoms with Gasteiger partial charge in [0, 0.05) is 13.0 Å². The lowest BCUT2D eigenvalue weighted by Crippen LogP contribution is -2.42. The monoisotopic (exact) mass is 353 g/mol. The Morgan fingerprint density at radius 2 is 1.62 bits per heavy atom. The predicted octanol–water partition coefficient (Wildman–Crippen LogP) is 4.12. The first-order chi connectivity index (χ1) is 12.5. The van der Waals surface area contributed by atoms with Crippen molar-refractivity contribution in [2.75, 3.05) is 13.7 Å². The van der Waals surface area contributed by atoms with E-state index in [1.165, 1.54) is 11.9 Å². The molecule has 26 heavy (non-hydrogen) atoms. The Kier molecular flexibility index (Phi) is 5.26. The van der Waals surface area contributed by atoms with Gasteiger partial charge in [-0.25, -0.2) is 9.59 Å². The molecule has 5 nitrogen and oxygen atoms in total. The van der Waals surface area contributed by atoms with E-state index in [4.69, 9.17) is 4.74 Å². The SMILES string of the molecule is CCC[C@@H](C(=O)O)N(C)C(=O)OCC1c2ccccc2-c2ccccc21. The first-order valence-corrected chi connectivity index (χ1v) is 8.85. The van der Waals surface area contributed by atoms with Gasteiger partial charge in [0.15, 0.2) is 0 Å². The van der Waals surface area contributed by atoms with Crippen molar-refractivity contribution in [1.29, 1.82) is 0 Å². The maximum absolute atomic E-state index is 12.4. The van der Waals surface area contributed by atoms with Crippen molar-refractivity contribution < 1.29 is 19.4 Å². The summed E-state index contributed by atoms with van der Waals surface area (Å²) in [6, 6.07) is 15.3. The zero-order valence-corrected chi connectivity index (χ0v) is 15.0. The molecule has 136 valence electrons. The molecule has 1 N–H and O–H groups in total. The van der Waals surface area contributed by atoms with E-state index in [1.54, 1.807) is 0 Å². The summed E-state index contributed by atoms with van der Waals surface area (Å²) in [5.41, 5.74) is 4.58. The van der Waals surface area contributed by atoms with E-state index in [-0.39, 0.29) is 12.5 Å². The van der Waals surface area contributed by atoms with Gasteiger partial charge in [-0.2, -0.15) is 0 Å². The molecule has 2 aromatic rings. The number of fused-ring (bicyclic) bond motifs is 3. The van der Waals surface area contributed by atoms with Crippen molar-refractivity contribution in [2.24, 2.45) is 0 Å². The van der Waals surface area contributed by atoms with Crippen molar-refractivity contribution in [3.63, 3.8) is 0 Å². The van der Waals surface area contributed by atoms with Crippen molar-refractivity contribution in [2.45, 2.75) is 31.7 Å². The standard InChI is InChI=1S/C21H23NO4/c1-3-8-19(20(23)24)22(2)21(25)26-13-18-16-11-6-4-9-14(16)15-10-5-7-12-17(15)18/h4-7,9-12,18-19H,3,8,13H2,1-2H3,(H,23,24)/t19-/m0/s1. The van der Waals surface area contributed by atoms with Crippen LogP contribution in [-0.2, 0) is 9.53 Å². The zero-order valence-electron chi connectivity index (χ0n) is 15.0. The van der Waals surface area contributed by atoms with Gasteiger partial charge < -0.3 is 9.84 Å². The number of aliphatic carboxylic acids is 1. The van der Waals surface area contributed by atoms with Crippen LogP contribution >= 0.6 is 0 Å². The topological polar surface area (TPSA) is 66.8 Å². The van der Waals surface area contributed by atoms with E-state index in [9.17, 15) is 14.7 Å². The molecule has 1 amide bonds. The second-order valence-corrected chi connectivity index (χ2v) is 6.56. The predicted molar refractivity (Wildman–Crippen MR) is 99.2 cm³/mol. The fourth-order valence-corrected chi connectivity index (χ4v) is 3.58. The summed E-state index contributed by atoms with van der Waals surface area (Å²) in [6.45, 7) is 2.08. The lowest BCUT2D eigenvalue weighted by molar-refractivity contribution is -0.142. The Bertz CT molecular complexity index is 772. The number of carbonyl (C=O) groups excluding carboxylic acids is 1. The van der Waals surface area contributed by atoms with Crippen LogP contribution in [0.5, 0.6) is 0 Å². The highest BCUT2D eigenvalue weighted by atomic mass is 16.6. The minimum absolute atomic E-state index is 0.0331. The minimum Gasteiger partial charge on any atom is -0.480 e. The van der Waals surface area contributed by atoms with Crippen molar-refractivity contribution in [3.8, 4) is 11.1 Å². The highest BCUT2D eigenvalue weighted by Gasteiger charge is 2.31. The van der Waals surface area contributed by atoms with Crippen LogP contribution in [0.2, 0.25) is 0 Å². The molecule has 0 spiro atoms. The third-order valence-electron chi connectivity index (χ3n) is 4.94. The number of likely N-dealkylation sites (N-methyl/N-ethyl adjacent to an activating group) is 1. The van der Waals surface area contributed by atoms with Crippen LogP contribution in [0.3, 0.4) is 0 Å². The van der Waals surface area contributed by atoms with Gasteiger partial charge >= 0.3 is 12.1 Å². The fourth-order valence-electron chi connectivity index (χ4n) is 3.58. The van der Waals surface area contributed by atoms with Crippen LogP contribution in [-0.4, -0.2) is 41.8 Å². The van der Waals surface area contributed by atoms with E-state index in [1.807, 2.05) is 31.2 Å². The van der Waals surface area contributed by atoms with Crippen LogP contribution in [0.4, 0.5) is 4.79 Å². The van der Waals surface area contributed by atoms with E-state index >= 15 is 0 Å². The van der Waals surface area contributed by atoms with E-state index in [0.717, 1.165) is 22.3 Å². The number of hydrogen-bond donors (Lipinski definition) is 1. The van der Waals surface area contributed by atoms with Crippen LogP contribution < -0.4 is 0 Å². The lowest BCUT2D eigenvalue weighted by Gasteiger charge is -2.25. The second-order valence-electron chi connectivity index (χ2n) is 6.56. The van der Waals surface area contributed by atoms with Crippen LogP contribution in [0, 0.1) is 0 Å². The Balaban J connectivity index is 1.75. The Hall–Kier alpha value is -2.82. The molecule has 1 aliphatic carbocycles.